The van der Waals surface area contributed by atoms with Gasteiger partial charge in [0.2, 0.25) is 0 Å². The van der Waals surface area contributed by atoms with Gasteiger partial charge in [0.05, 0.1) is 0 Å². The summed E-state index contributed by atoms with van der Waals surface area (Å²) in [5.41, 5.74) is 2.04. The van der Waals surface area contributed by atoms with Crippen molar-refractivity contribution in [3.05, 3.63) is 94.0 Å². The lowest BCUT2D eigenvalue weighted by atomic mass is 10.2. The van der Waals surface area contributed by atoms with Crippen LogP contribution < -0.4 is 10.6 Å². The third-order valence-electron chi connectivity index (χ3n) is 3.90. The topological polar surface area (TPSA) is 71.3 Å². The van der Waals surface area contributed by atoms with Crippen molar-refractivity contribution in [2.45, 2.75) is 13.8 Å². The minimum atomic E-state index is -0.463. The fourth-order valence-corrected chi connectivity index (χ4v) is 2.77. The molecular weight excluding hydrogens is 376 g/mol. The van der Waals surface area contributed by atoms with Crippen molar-refractivity contribution < 1.29 is 14.0 Å². The molecule has 0 saturated carbocycles. The number of furan rings is 1. The maximum Gasteiger partial charge on any atom is 0.272 e. The maximum atomic E-state index is 12.8. The highest BCUT2D eigenvalue weighted by molar-refractivity contribution is 6.31. The molecule has 0 aliphatic carbocycles. The standard InChI is InChI=1S/C22H19ClN2O3/c1-14-5-3-8-18(11-14)24-22(27)20(13-19-10-9-15(2)28-19)25-21(26)16-6-4-7-17(23)12-16/h3-13H,1-2H3,(H,24,27)(H,25,26)/b20-13-. The molecule has 3 rings (SSSR count). The molecule has 0 atom stereocenters. The number of anilines is 1. The molecule has 5 nitrogen and oxygen atoms in total. The summed E-state index contributed by atoms with van der Waals surface area (Å²) in [7, 11) is 0. The molecule has 2 aromatic carbocycles. The lowest BCUT2D eigenvalue weighted by Gasteiger charge is -2.11. The van der Waals surface area contributed by atoms with E-state index in [2.05, 4.69) is 10.6 Å². The van der Waals surface area contributed by atoms with Gasteiger partial charge in [-0.25, -0.2) is 0 Å². The molecule has 0 spiro atoms. The smallest absolute Gasteiger partial charge is 0.272 e. The van der Waals surface area contributed by atoms with Crippen LogP contribution in [0.5, 0.6) is 0 Å². The summed E-state index contributed by atoms with van der Waals surface area (Å²) in [6.07, 6.45) is 1.49. The van der Waals surface area contributed by atoms with Crippen LogP contribution in [0.3, 0.4) is 0 Å². The van der Waals surface area contributed by atoms with E-state index in [4.69, 9.17) is 16.0 Å². The highest BCUT2D eigenvalue weighted by atomic mass is 35.5. The van der Waals surface area contributed by atoms with Gasteiger partial charge in [-0.2, -0.15) is 0 Å². The van der Waals surface area contributed by atoms with Gasteiger partial charge < -0.3 is 15.1 Å². The molecule has 142 valence electrons. The molecule has 0 fully saturated rings. The van der Waals surface area contributed by atoms with Crippen molar-refractivity contribution >= 4 is 35.2 Å². The normalized spacial score (nSPS) is 11.2. The first-order valence-electron chi connectivity index (χ1n) is 8.64. The second-order valence-electron chi connectivity index (χ2n) is 6.29. The lowest BCUT2D eigenvalue weighted by molar-refractivity contribution is -0.113. The summed E-state index contributed by atoms with van der Waals surface area (Å²) in [6, 6.07) is 17.4. The number of benzene rings is 2. The van der Waals surface area contributed by atoms with Crippen molar-refractivity contribution in [2.24, 2.45) is 0 Å². The Kier molecular flexibility index (Phi) is 5.96. The average molecular weight is 395 g/mol. The van der Waals surface area contributed by atoms with Crippen LogP contribution in [-0.2, 0) is 4.79 Å². The Balaban J connectivity index is 1.87. The Morgan fingerprint density at radius 2 is 1.79 bits per heavy atom. The van der Waals surface area contributed by atoms with Crippen molar-refractivity contribution in [2.75, 3.05) is 5.32 Å². The van der Waals surface area contributed by atoms with E-state index in [9.17, 15) is 9.59 Å². The quantitative estimate of drug-likeness (QED) is 0.601. The second-order valence-corrected chi connectivity index (χ2v) is 6.73. The molecule has 1 aromatic heterocycles. The molecule has 0 unspecified atom stereocenters. The Morgan fingerprint density at radius 1 is 1.00 bits per heavy atom. The molecule has 28 heavy (non-hydrogen) atoms. The van der Waals surface area contributed by atoms with E-state index in [1.54, 1.807) is 43.3 Å². The number of hydrogen-bond acceptors (Lipinski definition) is 3. The molecule has 0 radical (unpaired) electrons. The number of halogens is 1. The van der Waals surface area contributed by atoms with Crippen LogP contribution in [0.1, 0.15) is 27.4 Å². The lowest BCUT2D eigenvalue weighted by Crippen LogP contribution is -2.30. The second kappa shape index (κ2) is 8.59. The molecule has 2 amide bonds. The van der Waals surface area contributed by atoms with E-state index in [0.717, 1.165) is 5.56 Å². The third kappa shape index (κ3) is 5.11. The minimum Gasteiger partial charge on any atom is -0.462 e. The Labute approximate surface area is 168 Å². The van der Waals surface area contributed by atoms with Gasteiger partial charge >= 0.3 is 0 Å². The highest BCUT2D eigenvalue weighted by Crippen LogP contribution is 2.15. The van der Waals surface area contributed by atoms with Crippen molar-refractivity contribution in [3.63, 3.8) is 0 Å². The van der Waals surface area contributed by atoms with E-state index in [0.29, 0.717) is 27.8 Å². The van der Waals surface area contributed by atoms with Crippen molar-refractivity contribution in [1.82, 2.24) is 5.32 Å². The Morgan fingerprint density at radius 3 is 2.46 bits per heavy atom. The largest absolute Gasteiger partial charge is 0.462 e. The zero-order valence-corrected chi connectivity index (χ0v) is 16.2. The molecule has 0 saturated heterocycles. The number of hydrogen-bond donors (Lipinski definition) is 2. The molecule has 0 aliphatic rings. The molecule has 0 aliphatic heterocycles. The van der Waals surface area contributed by atoms with E-state index < -0.39 is 11.8 Å². The number of amides is 2. The molecule has 0 bridgehead atoms. The van der Waals surface area contributed by atoms with Crippen LogP contribution in [0.2, 0.25) is 5.02 Å². The molecule has 1 heterocycles. The van der Waals surface area contributed by atoms with E-state index >= 15 is 0 Å². The molecule has 2 N–H and O–H groups in total. The SMILES string of the molecule is Cc1cccc(NC(=O)/C(=C/c2ccc(C)o2)NC(=O)c2cccc(Cl)c2)c1. The molecule has 3 aromatic rings. The Hall–Kier alpha value is -3.31. The van der Waals surface area contributed by atoms with Crippen LogP contribution in [0, 0.1) is 13.8 Å². The van der Waals surface area contributed by atoms with E-state index in [1.165, 1.54) is 12.1 Å². The maximum absolute atomic E-state index is 12.8. The number of carbonyl (C=O) groups excluding carboxylic acids is 2. The number of aryl methyl sites for hydroxylation is 2. The summed E-state index contributed by atoms with van der Waals surface area (Å²) >= 11 is 5.95. The summed E-state index contributed by atoms with van der Waals surface area (Å²) in [5.74, 6) is 0.246. The fourth-order valence-electron chi connectivity index (χ4n) is 2.58. The first kappa shape index (κ1) is 19.5. The van der Waals surface area contributed by atoms with Gasteiger partial charge in [-0.1, -0.05) is 29.8 Å². The van der Waals surface area contributed by atoms with Crippen LogP contribution in [0.15, 0.2) is 70.8 Å². The first-order valence-corrected chi connectivity index (χ1v) is 9.01. The summed E-state index contributed by atoms with van der Waals surface area (Å²) in [6.45, 7) is 3.73. The number of nitrogens with one attached hydrogen (secondary N) is 2. The first-order chi connectivity index (χ1) is 13.4. The highest BCUT2D eigenvalue weighted by Gasteiger charge is 2.16. The number of carbonyl (C=O) groups is 2. The van der Waals surface area contributed by atoms with Gasteiger partial charge in [-0.15, -0.1) is 0 Å². The van der Waals surface area contributed by atoms with Crippen LogP contribution in [-0.4, -0.2) is 11.8 Å². The van der Waals surface area contributed by atoms with E-state index in [1.807, 2.05) is 25.1 Å². The predicted octanol–water partition coefficient (Wildman–Crippen LogP) is 4.96. The van der Waals surface area contributed by atoms with Gasteiger partial charge in [-0.05, 0) is 61.9 Å². The van der Waals surface area contributed by atoms with Gasteiger partial charge in [0.1, 0.15) is 17.2 Å². The van der Waals surface area contributed by atoms with Crippen LogP contribution in [0.4, 0.5) is 5.69 Å². The zero-order chi connectivity index (χ0) is 20.1. The van der Waals surface area contributed by atoms with Gasteiger partial charge in [0, 0.05) is 22.3 Å². The van der Waals surface area contributed by atoms with Crippen molar-refractivity contribution in [3.8, 4) is 0 Å². The van der Waals surface area contributed by atoms with Gasteiger partial charge in [0.25, 0.3) is 11.8 Å². The van der Waals surface area contributed by atoms with Crippen molar-refractivity contribution in [1.29, 1.82) is 0 Å². The summed E-state index contributed by atoms with van der Waals surface area (Å²) < 4.78 is 5.51. The summed E-state index contributed by atoms with van der Waals surface area (Å²) in [4.78, 5) is 25.4. The van der Waals surface area contributed by atoms with Gasteiger partial charge in [0.15, 0.2) is 0 Å². The number of rotatable bonds is 5. The summed E-state index contributed by atoms with van der Waals surface area (Å²) in [5, 5.41) is 5.87. The fraction of sp³-hybridized carbons (Fsp3) is 0.0909. The van der Waals surface area contributed by atoms with Crippen LogP contribution >= 0.6 is 11.6 Å². The Bertz CT molecular complexity index is 1050. The zero-order valence-electron chi connectivity index (χ0n) is 15.5. The monoisotopic (exact) mass is 394 g/mol. The van der Waals surface area contributed by atoms with Crippen LogP contribution in [0.25, 0.3) is 6.08 Å². The van der Waals surface area contributed by atoms with E-state index in [-0.39, 0.29) is 5.70 Å². The van der Waals surface area contributed by atoms with Gasteiger partial charge in [-0.3, -0.25) is 9.59 Å². The average Bonchev–Trinajstić information content (AvgIpc) is 3.06. The minimum absolute atomic E-state index is 0.0563. The predicted molar refractivity (Wildman–Crippen MR) is 110 cm³/mol. The molecule has 6 heteroatoms. The molecular formula is C22H19ClN2O3. The third-order valence-corrected chi connectivity index (χ3v) is 4.14.